The highest BCUT2D eigenvalue weighted by molar-refractivity contribution is 6.36. The van der Waals surface area contributed by atoms with E-state index in [0.717, 1.165) is 24.2 Å². The highest BCUT2D eigenvalue weighted by Crippen LogP contribution is 2.20. The maximum atomic E-state index is 12.5. The highest BCUT2D eigenvalue weighted by Gasteiger charge is 2.27. The van der Waals surface area contributed by atoms with E-state index in [1.54, 1.807) is 4.90 Å². The SMILES string of the molecule is Cc1ccc(OCC2CCCN(C(=O)C(=O)CCc3ccccc3)C2)cc1. The van der Waals surface area contributed by atoms with Gasteiger partial charge in [-0.3, -0.25) is 9.59 Å². The van der Waals surface area contributed by atoms with Gasteiger partial charge >= 0.3 is 0 Å². The lowest BCUT2D eigenvalue weighted by molar-refractivity contribution is -0.146. The van der Waals surface area contributed by atoms with Crippen molar-refractivity contribution in [1.29, 1.82) is 0 Å². The predicted molar refractivity (Wildman–Crippen MR) is 106 cm³/mol. The van der Waals surface area contributed by atoms with Crippen LogP contribution >= 0.6 is 0 Å². The van der Waals surface area contributed by atoms with Gasteiger partial charge in [0.1, 0.15) is 5.75 Å². The van der Waals surface area contributed by atoms with E-state index < -0.39 is 0 Å². The molecule has 2 aromatic carbocycles. The lowest BCUT2D eigenvalue weighted by Gasteiger charge is -2.32. The summed E-state index contributed by atoms with van der Waals surface area (Å²) >= 11 is 0. The fraction of sp³-hybridized carbons (Fsp3) is 0.391. The molecule has 1 unspecified atom stereocenters. The summed E-state index contributed by atoms with van der Waals surface area (Å²) in [4.78, 5) is 26.5. The normalized spacial score (nSPS) is 16.8. The summed E-state index contributed by atoms with van der Waals surface area (Å²) in [6.45, 7) is 3.88. The highest BCUT2D eigenvalue weighted by atomic mass is 16.5. The molecule has 4 nitrogen and oxygen atoms in total. The number of rotatable bonds is 7. The quantitative estimate of drug-likeness (QED) is 0.701. The second-order valence-electron chi connectivity index (χ2n) is 7.29. The molecule has 1 atom stereocenters. The lowest BCUT2D eigenvalue weighted by atomic mass is 9.98. The molecule has 0 N–H and O–H groups in total. The molecule has 1 amide bonds. The number of likely N-dealkylation sites (tertiary alicyclic amines) is 1. The standard InChI is InChI=1S/C23H27NO3/c1-18-9-12-21(13-10-18)27-17-20-8-5-15-24(16-20)23(26)22(25)14-11-19-6-3-2-4-7-19/h2-4,6-7,9-10,12-13,20H,5,8,11,14-17H2,1H3. The van der Waals surface area contributed by atoms with E-state index in [1.807, 2.05) is 61.5 Å². The van der Waals surface area contributed by atoms with E-state index in [4.69, 9.17) is 4.74 Å². The third kappa shape index (κ3) is 5.68. The molecule has 2 aromatic rings. The Balaban J connectivity index is 1.46. The van der Waals surface area contributed by atoms with E-state index in [9.17, 15) is 9.59 Å². The van der Waals surface area contributed by atoms with Crippen LogP contribution in [0.15, 0.2) is 54.6 Å². The molecule has 1 aliphatic heterocycles. The summed E-state index contributed by atoms with van der Waals surface area (Å²) < 4.78 is 5.87. The van der Waals surface area contributed by atoms with Gasteiger partial charge in [0.2, 0.25) is 5.78 Å². The summed E-state index contributed by atoms with van der Waals surface area (Å²) in [5.41, 5.74) is 2.28. The number of aryl methyl sites for hydroxylation is 2. The Hall–Kier alpha value is -2.62. The predicted octanol–water partition coefficient (Wildman–Crippen LogP) is 3.81. The number of ether oxygens (including phenoxy) is 1. The minimum Gasteiger partial charge on any atom is -0.493 e. The molecule has 3 rings (SSSR count). The number of carbonyl (C=O) groups is 2. The van der Waals surface area contributed by atoms with E-state index in [0.29, 0.717) is 26.1 Å². The van der Waals surface area contributed by atoms with Gasteiger partial charge in [0, 0.05) is 25.4 Å². The maximum absolute atomic E-state index is 12.5. The largest absolute Gasteiger partial charge is 0.493 e. The summed E-state index contributed by atoms with van der Waals surface area (Å²) in [6, 6.07) is 17.8. The van der Waals surface area contributed by atoms with Gasteiger partial charge in [-0.15, -0.1) is 0 Å². The van der Waals surface area contributed by atoms with Gasteiger partial charge in [-0.25, -0.2) is 0 Å². The Kier molecular flexibility index (Phi) is 6.64. The third-order valence-electron chi connectivity index (χ3n) is 5.03. The number of carbonyl (C=O) groups excluding carboxylic acids is 2. The molecule has 1 saturated heterocycles. The van der Waals surface area contributed by atoms with Crippen molar-refractivity contribution < 1.29 is 14.3 Å². The first kappa shape index (κ1) is 19.2. The van der Waals surface area contributed by atoms with Crippen LogP contribution in [-0.2, 0) is 16.0 Å². The van der Waals surface area contributed by atoms with Gasteiger partial charge in [-0.05, 0) is 43.9 Å². The zero-order chi connectivity index (χ0) is 19.1. The number of hydrogen-bond acceptors (Lipinski definition) is 3. The Bertz CT molecular complexity index is 755. The molecule has 0 aromatic heterocycles. The van der Waals surface area contributed by atoms with Crippen LogP contribution in [0, 0.1) is 12.8 Å². The number of nitrogens with zero attached hydrogens (tertiary/aromatic N) is 1. The second-order valence-corrected chi connectivity index (χ2v) is 7.29. The molecular formula is C23H27NO3. The number of amides is 1. The summed E-state index contributed by atoms with van der Waals surface area (Å²) in [7, 11) is 0. The van der Waals surface area contributed by atoms with Crippen LogP contribution in [0.5, 0.6) is 5.75 Å². The first-order valence-corrected chi connectivity index (χ1v) is 9.67. The summed E-state index contributed by atoms with van der Waals surface area (Å²) in [6.07, 6.45) is 2.82. The number of benzene rings is 2. The summed E-state index contributed by atoms with van der Waals surface area (Å²) in [5, 5.41) is 0. The first-order chi connectivity index (χ1) is 13.1. The third-order valence-corrected chi connectivity index (χ3v) is 5.03. The molecule has 27 heavy (non-hydrogen) atoms. The molecule has 0 spiro atoms. The van der Waals surface area contributed by atoms with Crippen LogP contribution in [0.3, 0.4) is 0 Å². The Morgan fingerprint density at radius 3 is 2.56 bits per heavy atom. The monoisotopic (exact) mass is 365 g/mol. The Morgan fingerprint density at radius 1 is 1.07 bits per heavy atom. The number of Topliss-reactive ketones (excluding diaryl/α,β-unsaturated/α-hetero) is 1. The van der Waals surface area contributed by atoms with Gasteiger partial charge in [-0.2, -0.15) is 0 Å². The average molecular weight is 365 g/mol. The fourth-order valence-electron chi connectivity index (χ4n) is 3.42. The van der Waals surface area contributed by atoms with Gasteiger partial charge < -0.3 is 9.64 Å². The van der Waals surface area contributed by atoms with Gasteiger partial charge in [0.25, 0.3) is 5.91 Å². The molecule has 0 saturated carbocycles. The maximum Gasteiger partial charge on any atom is 0.289 e. The zero-order valence-electron chi connectivity index (χ0n) is 15.9. The van der Waals surface area contributed by atoms with Gasteiger partial charge in [0.15, 0.2) is 0 Å². The van der Waals surface area contributed by atoms with Gasteiger partial charge in [-0.1, -0.05) is 48.0 Å². The molecule has 1 fully saturated rings. The van der Waals surface area contributed by atoms with Crippen molar-refractivity contribution in [2.75, 3.05) is 19.7 Å². The van der Waals surface area contributed by atoms with Crippen molar-refractivity contribution in [3.8, 4) is 5.75 Å². The smallest absolute Gasteiger partial charge is 0.289 e. The van der Waals surface area contributed by atoms with E-state index in [2.05, 4.69) is 0 Å². The average Bonchev–Trinajstić information content (AvgIpc) is 2.72. The van der Waals surface area contributed by atoms with Crippen molar-refractivity contribution in [3.63, 3.8) is 0 Å². The molecule has 4 heteroatoms. The number of ketones is 1. The van der Waals surface area contributed by atoms with Crippen LogP contribution in [0.4, 0.5) is 0 Å². The van der Waals surface area contributed by atoms with E-state index >= 15 is 0 Å². The minimum atomic E-state index is -0.342. The van der Waals surface area contributed by atoms with E-state index in [1.165, 1.54) is 5.56 Å². The molecule has 0 aliphatic carbocycles. The van der Waals surface area contributed by atoms with E-state index in [-0.39, 0.29) is 24.0 Å². The molecule has 0 radical (unpaired) electrons. The molecule has 1 heterocycles. The van der Waals surface area contributed by atoms with Crippen molar-refractivity contribution in [2.45, 2.75) is 32.6 Å². The lowest BCUT2D eigenvalue weighted by Crippen LogP contribution is -2.44. The van der Waals surface area contributed by atoms with Crippen molar-refractivity contribution >= 4 is 11.7 Å². The van der Waals surface area contributed by atoms with Crippen LogP contribution < -0.4 is 4.74 Å². The summed E-state index contributed by atoms with van der Waals surface area (Å²) in [5.74, 6) is 0.485. The number of hydrogen-bond donors (Lipinski definition) is 0. The molecule has 0 bridgehead atoms. The molecule has 1 aliphatic rings. The Morgan fingerprint density at radius 2 is 1.81 bits per heavy atom. The molecular weight excluding hydrogens is 338 g/mol. The van der Waals surface area contributed by atoms with Crippen molar-refractivity contribution in [2.24, 2.45) is 5.92 Å². The zero-order valence-corrected chi connectivity index (χ0v) is 15.9. The van der Waals surface area contributed by atoms with Gasteiger partial charge in [0.05, 0.1) is 6.61 Å². The van der Waals surface area contributed by atoms with Crippen molar-refractivity contribution in [1.82, 2.24) is 4.90 Å². The molecule has 142 valence electrons. The van der Waals surface area contributed by atoms with Crippen molar-refractivity contribution in [3.05, 3.63) is 65.7 Å². The fourth-order valence-corrected chi connectivity index (χ4v) is 3.42. The second kappa shape index (κ2) is 9.36. The van der Waals surface area contributed by atoms with Crippen LogP contribution in [0.1, 0.15) is 30.4 Å². The first-order valence-electron chi connectivity index (χ1n) is 9.67. The minimum absolute atomic E-state index is 0.268. The van der Waals surface area contributed by atoms with Crippen LogP contribution in [0.2, 0.25) is 0 Å². The number of piperidine rings is 1. The van der Waals surface area contributed by atoms with Crippen LogP contribution in [0.25, 0.3) is 0 Å². The Labute approximate surface area is 161 Å². The van der Waals surface area contributed by atoms with Crippen LogP contribution in [-0.4, -0.2) is 36.3 Å². The topological polar surface area (TPSA) is 46.6 Å².